The zero-order valence-corrected chi connectivity index (χ0v) is 15.0. The van der Waals surface area contributed by atoms with E-state index in [9.17, 15) is 9.50 Å². The van der Waals surface area contributed by atoms with Gasteiger partial charge in [-0.05, 0) is 37.1 Å². The highest BCUT2D eigenvalue weighted by Crippen LogP contribution is 2.31. The standard InChI is InChI=1S/C19H21FN6O/c1-25(17-5-3-2-4-15(17)20)19-9-8-16(23-24-19)14-7-6-13(12-18(14)27)26-21-10-11-22-26/h6-12,15,17,27H,2-5H2,1H3/t15-,17+/m1/s1. The third-order valence-corrected chi connectivity index (χ3v) is 5.06. The van der Waals surface area contributed by atoms with Gasteiger partial charge in [-0.25, -0.2) is 4.39 Å². The summed E-state index contributed by atoms with van der Waals surface area (Å²) in [6.07, 6.45) is 5.71. The molecule has 1 aromatic carbocycles. The van der Waals surface area contributed by atoms with Crippen LogP contribution in [-0.4, -0.2) is 49.6 Å². The van der Waals surface area contributed by atoms with Gasteiger partial charge in [0.05, 0.1) is 29.8 Å². The van der Waals surface area contributed by atoms with Crippen molar-refractivity contribution in [2.45, 2.75) is 37.9 Å². The molecule has 1 saturated carbocycles. The first-order valence-corrected chi connectivity index (χ1v) is 9.04. The molecule has 3 aromatic rings. The Morgan fingerprint density at radius 2 is 1.85 bits per heavy atom. The number of phenols is 1. The summed E-state index contributed by atoms with van der Waals surface area (Å²) in [7, 11) is 1.86. The number of aromatic nitrogens is 5. The van der Waals surface area contributed by atoms with Gasteiger partial charge in [-0.3, -0.25) is 0 Å². The maximum absolute atomic E-state index is 14.2. The van der Waals surface area contributed by atoms with Crippen molar-refractivity contribution in [1.29, 1.82) is 0 Å². The van der Waals surface area contributed by atoms with E-state index in [4.69, 9.17) is 0 Å². The maximum atomic E-state index is 14.2. The Hall–Kier alpha value is -3.03. The second-order valence-electron chi connectivity index (χ2n) is 6.78. The zero-order valence-electron chi connectivity index (χ0n) is 15.0. The molecule has 1 N–H and O–H groups in total. The third-order valence-electron chi connectivity index (χ3n) is 5.06. The molecule has 0 bridgehead atoms. The van der Waals surface area contributed by atoms with Gasteiger partial charge in [-0.2, -0.15) is 15.0 Å². The summed E-state index contributed by atoms with van der Waals surface area (Å²) < 4.78 is 14.2. The highest BCUT2D eigenvalue weighted by atomic mass is 19.1. The average molecular weight is 368 g/mol. The Balaban J connectivity index is 1.55. The monoisotopic (exact) mass is 368 g/mol. The van der Waals surface area contributed by atoms with E-state index in [-0.39, 0.29) is 11.8 Å². The predicted octanol–water partition coefficient (Wildman–Crippen LogP) is 3.15. The minimum atomic E-state index is -0.835. The van der Waals surface area contributed by atoms with Gasteiger partial charge < -0.3 is 10.0 Å². The summed E-state index contributed by atoms with van der Waals surface area (Å²) >= 11 is 0. The molecule has 2 atom stereocenters. The lowest BCUT2D eigenvalue weighted by atomic mass is 9.92. The molecule has 1 aliphatic rings. The molecule has 0 unspecified atom stereocenters. The molecule has 1 aliphatic carbocycles. The number of benzene rings is 1. The maximum Gasteiger partial charge on any atom is 0.151 e. The van der Waals surface area contributed by atoms with E-state index >= 15 is 0 Å². The first-order valence-electron chi connectivity index (χ1n) is 9.04. The topological polar surface area (TPSA) is 80.0 Å². The van der Waals surface area contributed by atoms with Crippen molar-refractivity contribution >= 4 is 5.82 Å². The lowest BCUT2D eigenvalue weighted by molar-refractivity contribution is 0.213. The number of halogens is 1. The fraction of sp³-hybridized carbons (Fsp3) is 0.368. The molecule has 0 aliphatic heterocycles. The smallest absolute Gasteiger partial charge is 0.151 e. The lowest BCUT2D eigenvalue weighted by Gasteiger charge is -2.34. The molecule has 2 aromatic heterocycles. The van der Waals surface area contributed by atoms with E-state index < -0.39 is 6.17 Å². The van der Waals surface area contributed by atoms with Crippen LogP contribution in [0, 0.1) is 0 Å². The van der Waals surface area contributed by atoms with Crippen LogP contribution in [0.2, 0.25) is 0 Å². The Morgan fingerprint density at radius 1 is 1.07 bits per heavy atom. The van der Waals surface area contributed by atoms with Crippen LogP contribution in [0.3, 0.4) is 0 Å². The van der Waals surface area contributed by atoms with Gasteiger partial charge in [-0.15, -0.1) is 10.2 Å². The molecule has 4 rings (SSSR count). The van der Waals surface area contributed by atoms with Gasteiger partial charge in [0, 0.05) is 18.7 Å². The quantitative estimate of drug-likeness (QED) is 0.762. The third kappa shape index (κ3) is 3.47. The van der Waals surface area contributed by atoms with E-state index in [1.165, 1.54) is 4.80 Å². The van der Waals surface area contributed by atoms with Crippen molar-refractivity contribution in [3.8, 4) is 22.7 Å². The van der Waals surface area contributed by atoms with Crippen LogP contribution in [0.4, 0.5) is 10.2 Å². The van der Waals surface area contributed by atoms with Crippen molar-refractivity contribution < 1.29 is 9.50 Å². The predicted molar refractivity (Wildman–Crippen MR) is 99.6 cm³/mol. The Morgan fingerprint density at radius 3 is 2.52 bits per heavy atom. The molecule has 8 heteroatoms. The van der Waals surface area contributed by atoms with E-state index in [1.54, 1.807) is 36.7 Å². The highest BCUT2D eigenvalue weighted by molar-refractivity contribution is 5.68. The van der Waals surface area contributed by atoms with Crippen LogP contribution < -0.4 is 4.90 Å². The van der Waals surface area contributed by atoms with Gasteiger partial charge in [0.1, 0.15) is 11.9 Å². The molecule has 7 nitrogen and oxygen atoms in total. The first-order chi connectivity index (χ1) is 13.1. The summed E-state index contributed by atoms with van der Waals surface area (Å²) in [5, 5.41) is 26.9. The fourth-order valence-corrected chi connectivity index (χ4v) is 3.54. The Kier molecular flexibility index (Phi) is 4.70. The van der Waals surface area contributed by atoms with Gasteiger partial charge in [-0.1, -0.05) is 12.8 Å². The molecule has 0 amide bonds. The fourth-order valence-electron chi connectivity index (χ4n) is 3.54. The van der Waals surface area contributed by atoms with Gasteiger partial charge in [0.2, 0.25) is 0 Å². The van der Waals surface area contributed by atoms with Crippen molar-refractivity contribution in [2.24, 2.45) is 0 Å². The minimum Gasteiger partial charge on any atom is -0.507 e. The average Bonchev–Trinajstić information content (AvgIpc) is 3.23. The Bertz CT molecular complexity index is 899. The zero-order chi connectivity index (χ0) is 18.8. The van der Waals surface area contributed by atoms with Crippen LogP contribution in [0.5, 0.6) is 5.75 Å². The number of aromatic hydroxyl groups is 1. The van der Waals surface area contributed by atoms with Crippen LogP contribution in [0.25, 0.3) is 16.9 Å². The number of anilines is 1. The number of hydrogen-bond donors (Lipinski definition) is 1. The number of rotatable bonds is 4. The molecule has 0 radical (unpaired) electrons. The molecular formula is C19H21FN6O. The van der Waals surface area contributed by atoms with Crippen LogP contribution in [0.15, 0.2) is 42.7 Å². The van der Waals surface area contributed by atoms with E-state index in [1.807, 2.05) is 18.0 Å². The molecule has 140 valence electrons. The van der Waals surface area contributed by atoms with E-state index in [2.05, 4.69) is 20.4 Å². The number of alkyl halides is 1. The normalized spacial score (nSPS) is 19.8. The second kappa shape index (κ2) is 7.30. The lowest BCUT2D eigenvalue weighted by Crippen LogP contribution is -2.41. The summed E-state index contributed by atoms with van der Waals surface area (Å²) in [5.74, 6) is 0.696. The minimum absolute atomic E-state index is 0.0660. The summed E-state index contributed by atoms with van der Waals surface area (Å²) in [4.78, 5) is 3.29. The number of phenolic OH excluding ortho intramolecular Hbond substituents is 1. The van der Waals surface area contributed by atoms with Crippen molar-refractivity contribution in [2.75, 3.05) is 11.9 Å². The van der Waals surface area contributed by atoms with E-state index in [0.717, 1.165) is 19.3 Å². The summed E-state index contributed by atoms with van der Waals surface area (Å²) in [6, 6.07) is 8.56. The highest BCUT2D eigenvalue weighted by Gasteiger charge is 2.29. The molecule has 0 spiro atoms. The van der Waals surface area contributed by atoms with Gasteiger partial charge >= 0.3 is 0 Å². The SMILES string of the molecule is CN(c1ccc(-c2ccc(-n3nccn3)cc2O)nn1)[C@H]1CCCC[C@H]1F. The molecule has 27 heavy (non-hydrogen) atoms. The Labute approximate surface area is 156 Å². The van der Waals surface area contributed by atoms with Crippen LogP contribution >= 0.6 is 0 Å². The van der Waals surface area contributed by atoms with Gasteiger partial charge in [0.15, 0.2) is 5.82 Å². The number of nitrogens with zero attached hydrogens (tertiary/aromatic N) is 6. The van der Waals surface area contributed by atoms with E-state index in [0.29, 0.717) is 29.2 Å². The van der Waals surface area contributed by atoms with Gasteiger partial charge in [0.25, 0.3) is 0 Å². The van der Waals surface area contributed by atoms with Crippen LogP contribution in [0.1, 0.15) is 25.7 Å². The molecule has 2 heterocycles. The molecule has 1 fully saturated rings. The molecule has 0 saturated heterocycles. The second-order valence-corrected chi connectivity index (χ2v) is 6.78. The van der Waals surface area contributed by atoms with Crippen molar-refractivity contribution in [3.05, 3.63) is 42.7 Å². The molecular weight excluding hydrogens is 347 g/mol. The largest absolute Gasteiger partial charge is 0.507 e. The first kappa shape index (κ1) is 17.4. The van der Waals surface area contributed by atoms with Crippen LogP contribution in [-0.2, 0) is 0 Å². The summed E-state index contributed by atoms with van der Waals surface area (Å²) in [6.45, 7) is 0. The summed E-state index contributed by atoms with van der Waals surface area (Å²) in [5.41, 5.74) is 1.76. The van der Waals surface area contributed by atoms with Crippen molar-refractivity contribution in [1.82, 2.24) is 25.2 Å². The number of hydrogen-bond acceptors (Lipinski definition) is 6. The van der Waals surface area contributed by atoms with Crippen molar-refractivity contribution in [3.63, 3.8) is 0 Å².